The van der Waals surface area contributed by atoms with Gasteiger partial charge in [0.25, 0.3) is 0 Å². The predicted molar refractivity (Wildman–Crippen MR) is 73.0 cm³/mol. The molecule has 5 heteroatoms. The summed E-state index contributed by atoms with van der Waals surface area (Å²) in [6.45, 7) is 0.504. The minimum Gasteiger partial charge on any atom is -0.378 e. The molecule has 0 unspecified atom stereocenters. The second kappa shape index (κ2) is 5.58. The van der Waals surface area contributed by atoms with Crippen molar-refractivity contribution in [2.75, 3.05) is 5.32 Å². The van der Waals surface area contributed by atoms with Crippen molar-refractivity contribution in [3.05, 3.63) is 57.3 Å². The molecule has 0 atom stereocenters. The molecule has 2 aromatic rings. The molecule has 88 valence electrons. The fourth-order valence-corrected chi connectivity index (χ4v) is 2.10. The number of pyridine rings is 1. The van der Waals surface area contributed by atoms with Crippen LogP contribution in [0.1, 0.15) is 5.56 Å². The number of aromatic nitrogens is 1. The Balaban J connectivity index is 2.16. The van der Waals surface area contributed by atoms with Crippen LogP contribution in [-0.4, -0.2) is 4.98 Å². The summed E-state index contributed by atoms with van der Waals surface area (Å²) >= 11 is 18.1. The minimum absolute atomic E-state index is 0.504. The number of halogens is 3. The smallest absolute Gasteiger partial charge is 0.0718 e. The second-order valence-corrected chi connectivity index (χ2v) is 4.63. The van der Waals surface area contributed by atoms with Crippen LogP contribution in [0.5, 0.6) is 0 Å². The molecule has 0 bridgehead atoms. The van der Waals surface area contributed by atoms with E-state index in [1.807, 2.05) is 6.07 Å². The van der Waals surface area contributed by atoms with E-state index in [1.165, 1.54) is 0 Å². The van der Waals surface area contributed by atoms with Crippen molar-refractivity contribution in [1.29, 1.82) is 0 Å². The first-order valence-electron chi connectivity index (χ1n) is 4.95. The van der Waals surface area contributed by atoms with Crippen molar-refractivity contribution >= 4 is 40.5 Å². The zero-order valence-corrected chi connectivity index (χ0v) is 11.0. The Morgan fingerprint density at radius 2 is 1.71 bits per heavy atom. The summed E-state index contributed by atoms with van der Waals surface area (Å²) in [6, 6.07) is 7.13. The quantitative estimate of drug-likeness (QED) is 0.888. The van der Waals surface area contributed by atoms with E-state index in [1.54, 1.807) is 30.6 Å². The first kappa shape index (κ1) is 12.5. The number of nitrogens with zero attached hydrogens (tertiary/aromatic N) is 1. The first-order valence-corrected chi connectivity index (χ1v) is 6.08. The van der Waals surface area contributed by atoms with Gasteiger partial charge in [0.2, 0.25) is 0 Å². The molecule has 1 heterocycles. The summed E-state index contributed by atoms with van der Waals surface area (Å²) < 4.78 is 0. The minimum atomic E-state index is 0.504. The maximum absolute atomic E-state index is 6.06. The van der Waals surface area contributed by atoms with Crippen LogP contribution in [0.3, 0.4) is 0 Å². The molecule has 0 aliphatic heterocycles. The summed E-state index contributed by atoms with van der Waals surface area (Å²) in [5.41, 5.74) is 1.60. The van der Waals surface area contributed by atoms with Crippen LogP contribution in [0.15, 0.2) is 36.7 Å². The topological polar surface area (TPSA) is 24.9 Å². The average Bonchev–Trinajstić information content (AvgIpc) is 2.30. The largest absolute Gasteiger partial charge is 0.378 e. The van der Waals surface area contributed by atoms with Gasteiger partial charge in [-0.3, -0.25) is 4.98 Å². The number of anilines is 1. The molecule has 0 radical (unpaired) electrons. The molecule has 17 heavy (non-hydrogen) atoms. The highest BCUT2D eigenvalue weighted by molar-refractivity contribution is 6.36. The van der Waals surface area contributed by atoms with E-state index in [4.69, 9.17) is 34.8 Å². The van der Waals surface area contributed by atoms with Crippen molar-refractivity contribution in [3.8, 4) is 0 Å². The van der Waals surface area contributed by atoms with Crippen molar-refractivity contribution in [2.24, 2.45) is 0 Å². The molecule has 0 saturated carbocycles. The van der Waals surface area contributed by atoms with Gasteiger partial charge in [-0.15, -0.1) is 0 Å². The monoisotopic (exact) mass is 286 g/mol. The van der Waals surface area contributed by atoms with Gasteiger partial charge in [0, 0.05) is 28.4 Å². The highest BCUT2D eigenvalue weighted by Gasteiger charge is 2.06. The van der Waals surface area contributed by atoms with E-state index in [2.05, 4.69) is 10.3 Å². The molecule has 2 rings (SSSR count). The molecular formula is C12H9Cl3N2. The van der Waals surface area contributed by atoms with Gasteiger partial charge in [0.05, 0.1) is 16.9 Å². The van der Waals surface area contributed by atoms with Crippen LogP contribution >= 0.6 is 34.8 Å². The third-order valence-electron chi connectivity index (χ3n) is 2.29. The normalized spacial score (nSPS) is 10.3. The molecule has 0 aliphatic rings. The molecule has 0 fully saturated rings. The average molecular weight is 288 g/mol. The van der Waals surface area contributed by atoms with Crippen LogP contribution in [0.2, 0.25) is 15.1 Å². The van der Waals surface area contributed by atoms with Gasteiger partial charge in [0.1, 0.15) is 0 Å². The summed E-state index contributed by atoms with van der Waals surface area (Å²) in [5.74, 6) is 0. The number of benzene rings is 1. The van der Waals surface area contributed by atoms with Crippen LogP contribution in [0.4, 0.5) is 5.69 Å². The Morgan fingerprint density at radius 3 is 2.35 bits per heavy atom. The zero-order chi connectivity index (χ0) is 12.3. The van der Waals surface area contributed by atoms with E-state index >= 15 is 0 Å². The second-order valence-electron chi connectivity index (χ2n) is 3.41. The SMILES string of the molecule is Clc1ccncc1NCc1c(Cl)cccc1Cl. The van der Waals surface area contributed by atoms with Crippen LogP contribution in [0.25, 0.3) is 0 Å². The molecule has 1 aromatic heterocycles. The van der Waals surface area contributed by atoms with Crippen LogP contribution < -0.4 is 5.32 Å². The highest BCUT2D eigenvalue weighted by Crippen LogP contribution is 2.26. The fourth-order valence-electron chi connectivity index (χ4n) is 1.39. The van der Waals surface area contributed by atoms with Gasteiger partial charge in [-0.25, -0.2) is 0 Å². The van der Waals surface area contributed by atoms with E-state index in [0.29, 0.717) is 21.6 Å². The lowest BCUT2D eigenvalue weighted by molar-refractivity contribution is 1.14. The van der Waals surface area contributed by atoms with Crippen LogP contribution in [0, 0.1) is 0 Å². The Labute approximate surface area is 115 Å². The van der Waals surface area contributed by atoms with Crippen molar-refractivity contribution < 1.29 is 0 Å². The fraction of sp³-hybridized carbons (Fsp3) is 0.0833. The van der Waals surface area contributed by atoms with Gasteiger partial charge < -0.3 is 5.32 Å². The Hall–Kier alpha value is -0.960. The summed E-state index contributed by atoms with van der Waals surface area (Å²) in [5, 5.41) is 5.02. The maximum Gasteiger partial charge on any atom is 0.0718 e. The predicted octanol–water partition coefficient (Wildman–Crippen LogP) is 4.65. The lowest BCUT2D eigenvalue weighted by atomic mass is 10.2. The van der Waals surface area contributed by atoms with Gasteiger partial charge in [0.15, 0.2) is 0 Å². The third kappa shape index (κ3) is 3.03. The standard InChI is InChI=1S/C12H9Cl3N2/c13-9-2-1-3-10(14)8(9)6-17-12-7-16-5-4-11(12)15/h1-5,7,17H,6H2. The molecule has 2 nitrogen and oxygen atoms in total. The first-order chi connectivity index (χ1) is 8.18. The van der Waals surface area contributed by atoms with Crippen LogP contribution in [-0.2, 0) is 6.54 Å². The van der Waals surface area contributed by atoms with E-state index in [0.717, 1.165) is 11.3 Å². The molecule has 0 spiro atoms. The Kier molecular flexibility index (Phi) is 4.11. The highest BCUT2D eigenvalue weighted by atomic mass is 35.5. The maximum atomic E-state index is 6.06. The van der Waals surface area contributed by atoms with E-state index in [-0.39, 0.29) is 0 Å². The molecule has 0 amide bonds. The Bertz CT molecular complexity index is 509. The molecule has 1 N–H and O–H groups in total. The number of hydrogen-bond acceptors (Lipinski definition) is 2. The van der Waals surface area contributed by atoms with E-state index in [9.17, 15) is 0 Å². The zero-order valence-electron chi connectivity index (χ0n) is 8.75. The van der Waals surface area contributed by atoms with Crippen molar-refractivity contribution in [1.82, 2.24) is 4.98 Å². The number of nitrogens with one attached hydrogen (secondary N) is 1. The molecular weight excluding hydrogens is 279 g/mol. The van der Waals surface area contributed by atoms with Crippen molar-refractivity contribution in [3.63, 3.8) is 0 Å². The van der Waals surface area contributed by atoms with Crippen molar-refractivity contribution in [2.45, 2.75) is 6.54 Å². The summed E-state index contributed by atoms with van der Waals surface area (Å²) in [6.07, 6.45) is 3.29. The molecule has 1 aromatic carbocycles. The van der Waals surface area contributed by atoms with Gasteiger partial charge in [-0.1, -0.05) is 40.9 Å². The molecule has 0 aliphatic carbocycles. The lowest BCUT2D eigenvalue weighted by Crippen LogP contribution is -2.01. The molecule has 0 saturated heterocycles. The van der Waals surface area contributed by atoms with Gasteiger partial charge in [-0.2, -0.15) is 0 Å². The number of hydrogen-bond donors (Lipinski definition) is 1. The van der Waals surface area contributed by atoms with Gasteiger partial charge in [-0.05, 0) is 18.2 Å². The van der Waals surface area contributed by atoms with E-state index < -0.39 is 0 Å². The Morgan fingerprint density at radius 1 is 1.00 bits per heavy atom. The number of rotatable bonds is 3. The summed E-state index contributed by atoms with van der Waals surface area (Å²) in [7, 11) is 0. The third-order valence-corrected chi connectivity index (χ3v) is 3.32. The van der Waals surface area contributed by atoms with Gasteiger partial charge >= 0.3 is 0 Å². The lowest BCUT2D eigenvalue weighted by Gasteiger charge is -2.10. The summed E-state index contributed by atoms with van der Waals surface area (Å²) in [4.78, 5) is 3.99.